The third-order valence-corrected chi connectivity index (χ3v) is 2.65. The molecule has 0 saturated heterocycles. The molecule has 8 heteroatoms. The SMILES string of the molecule is CC(C)Oc1nc(Cl)nc(Nc2cc(Cl)cc(Cl)c2)n1. The van der Waals surface area contributed by atoms with Crippen LogP contribution in [0.2, 0.25) is 15.3 Å². The molecule has 0 bridgehead atoms. The van der Waals surface area contributed by atoms with Gasteiger partial charge in [-0.15, -0.1) is 0 Å². The van der Waals surface area contributed by atoms with Crippen LogP contribution in [-0.4, -0.2) is 21.1 Å². The Labute approximate surface area is 131 Å². The van der Waals surface area contributed by atoms with Gasteiger partial charge in [0.25, 0.3) is 0 Å². The Morgan fingerprint density at radius 3 is 2.25 bits per heavy atom. The van der Waals surface area contributed by atoms with Crippen LogP contribution in [-0.2, 0) is 0 Å². The molecule has 2 aromatic rings. The van der Waals surface area contributed by atoms with Crippen LogP contribution in [0.1, 0.15) is 13.8 Å². The van der Waals surface area contributed by atoms with E-state index in [1.165, 1.54) is 0 Å². The lowest BCUT2D eigenvalue weighted by Gasteiger charge is -2.10. The van der Waals surface area contributed by atoms with Gasteiger partial charge in [0, 0.05) is 15.7 Å². The van der Waals surface area contributed by atoms with E-state index in [2.05, 4.69) is 20.3 Å². The summed E-state index contributed by atoms with van der Waals surface area (Å²) < 4.78 is 5.38. The standard InChI is InChI=1S/C12H11Cl3N4O/c1-6(2)20-12-18-10(15)17-11(19-12)16-9-4-7(13)3-8(14)5-9/h3-6H,1-2H3,(H,16,17,18,19). The predicted molar refractivity (Wildman–Crippen MR) is 80.3 cm³/mol. The van der Waals surface area contributed by atoms with Crippen LogP contribution in [0.15, 0.2) is 18.2 Å². The number of aromatic nitrogens is 3. The van der Waals surface area contributed by atoms with Crippen LogP contribution in [0.3, 0.4) is 0 Å². The van der Waals surface area contributed by atoms with E-state index in [0.29, 0.717) is 15.7 Å². The Balaban J connectivity index is 2.26. The summed E-state index contributed by atoms with van der Waals surface area (Å²) in [5, 5.41) is 3.98. The first-order valence-corrected chi connectivity index (χ1v) is 6.87. The highest BCUT2D eigenvalue weighted by Gasteiger charge is 2.08. The lowest BCUT2D eigenvalue weighted by molar-refractivity contribution is 0.222. The number of nitrogens with one attached hydrogen (secondary N) is 1. The molecule has 20 heavy (non-hydrogen) atoms. The molecule has 1 heterocycles. The fraction of sp³-hybridized carbons (Fsp3) is 0.250. The number of ether oxygens (including phenoxy) is 1. The van der Waals surface area contributed by atoms with Crippen molar-refractivity contribution >= 4 is 46.4 Å². The highest BCUT2D eigenvalue weighted by atomic mass is 35.5. The molecule has 0 atom stereocenters. The molecule has 1 aromatic carbocycles. The normalized spacial score (nSPS) is 10.7. The summed E-state index contributed by atoms with van der Waals surface area (Å²) in [4.78, 5) is 11.9. The lowest BCUT2D eigenvalue weighted by atomic mass is 10.3. The van der Waals surface area contributed by atoms with Gasteiger partial charge in [-0.2, -0.15) is 15.0 Å². The maximum Gasteiger partial charge on any atom is 0.322 e. The fourth-order valence-corrected chi connectivity index (χ4v) is 2.08. The number of hydrogen-bond acceptors (Lipinski definition) is 5. The van der Waals surface area contributed by atoms with Gasteiger partial charge < -0.3 is 10.1 Å². The zero-order valence-electron chi connectivity index (χ0n) is 10.7. The van der Waals surface area contributed by atoms with Crippen LogP contribution in [0.5, 0.6) is 6.01 Å². The molecule has 0 amide bonds. The van der Waals surface area contributed by atoms with Gasteiger partial charge in [-0.3, -0.25) is 0 Å². The topological polar surface area (TPSA) is 59.9 Å². The van der Waals surface area contributed by atoms with Crippen molar-refractivity contribution in [3.8, 4) is 6.01 Å². The molecule has 106 valence electrons. The van der Waals surface area contributed by atoms with Crippen LogP contribution < -0.4 is 10.1 Å². The Hall–Kier alpha value is -1.30. The third-order valence-electron chi connectivity index (χ3n) is 2.05. The fourth-order valence-electron chi connectivity index (χ4n) is 1.41. The minimum absolute atomic E-state index is 0.0336. The van der Waals surface area contributed by atoms with E-state index < -0.39 is 0 Å². The minimum Gasteiger partial charge on any atom is -0.461 e. The summed E-state index contributed by atoms with van der Waals surface area (Å²) >= 11 is 17.7. The van der Waals surface area contributed by atoms with E-state index in [-0.39, 0.29) is 23.3 Å². The van der Waals surface area contributed by atoms with Gasteiger partial charge >= 0.3 is 6.01 Å². The van der Waals surface area contributed by atoms with Gasteiger partial charge in [-0.05, 0) is 43.6 Å². The van der Waals surface area contributed by atoms with Crippen molar-refractivity contribution in [1.29, 1.82) is 0 Å². The highest BCUT2D eigenvalue weighted by molar-refractivity contribution is 6.35. The van der Waals surface area contributed by atoms with E-state index in [1.807, 2.05) is 13.8 Å². The van der Waals surface area contributed by atoms with Gasteiger partial charge in [0.1, 0.15) is 0 Å². The second-order valence-electron chi connectivity index (χ2n) is 4.16. The average Bonchev–Trinajstić information content (AvgIpc) is 2.24. The van der Waals surface area contributed by atoms with Crippen LogP contribution in [0.4, 0.5) is 11.6 Å². The number of rotatable bonds is 4. The molecule has 2 rings (SSSR count). The zero-order chi connectivity index (χ0) is 14.7. The lowest BCUT2D eigenvalue weighted by Crippen LogP contribution is -2.10. The minimum atomic E-state index is -0.0677. The first-order valence-electron chi connectivity index (χ1n) is 5.74. The summed E-state index contributed by atoms with van der Waals surface area (Å²) in [6, 6.07) is 5.15. The van der Waals surface area contributed by atoms with Crippen molar-refractivity contribution in [2.45, 2.75) is 20.0 Å². The quantitative estimate of drug-likeness (QED) is 0.900. The second kappa shape index (κ2) is 6.43. The van der Waals surface area contributed by atoms with Gasteiger partial charge in [0.05, 0.1) is 6.10 Å². The summed E-state index contributed by atoms with van der Waals surface area (Å²) in [5.41, 5.74) is 0.639. The summed E-state index contributed by atoms with van der Waals surface area (Å²) in [6.45, 7) is 3.73. The first kappa shape index (κ1) is 15.1. The molecule has 5 nitrogen and oxygen atoms in total. The van der Waals surface area contributed by atoms with Gasteiger partial charge in [-0.25, -0.2) is 0 Å². The molecule has 0 aliphatic heterocycles. The molecule has 0 spiro atoms. The summed E-state index contributed by atoms with van der Waals surface area (Å²) in [7, 11) is 0. The van der Waals surface area contributed by atoms with Crippen molar-refractivity contribution < 1.29 is 4.74 Å². The molecule has 0 aliphatic carbocycles. The number of nitrogens with zero attached hydrogens (tertiary/aromatic N) is 3. The largest absolute Gasteiger partial charge is 0.461 e. The van der Waals surface area contributed by atoms with Crippen molar-refractivity contribution in [3.05, 3.63) is 33.5 Å². The second-order valence-corrected chi connectivity index (χ2v) is 5.37. The Kier molecular flexibility index (Phi) is 4.86. The monoisotopic (exact) mass is 332 g/mol. The van der Waals surface area contributed by atoms with E-state index in [9.17, 15) is 0 Å². The molecule has 1 aromatic heterocycles. The van der Waals surface area contributed by atoms with Crippen LogP contribution >= 0.6 is 34.8 Å². The van der Waals surface area contributed by atoms with Crippen LogP contribution in [0.25, 0.3) is 0 Å². The number of benzene rings is 1. The molecule has 1 N–H and O–H groups in total. The maximum atomic E-state index is 5.92. The molecule has 0 saturated carbocycles. The molecular weight excluding hydrogens is 323 g/mol. The van der Waals surface area contributed by atoms with Gasteiger partial charge in [-0.1, -0.05) is 23.2 Å². The van der Waals surface area contributed by atoms with Crippen molar-refractivity contribution in [2.75, 3.05) is 5.32 Å². The van der Waals surface area contributed by atoms with E-state index in [0.717, 1.165) is 0 Å². The number of hydrogen-bond donors (Lipinski definition) is 1. The van der Waals surface area contributed by atoms with E-state index in [1.54, 1.807) is 18.2 Å². The number of halogens is 3. The summed E-state index contributed by atoms with van der Waals surface area (Å²) in [5.74, 6) is 0.249. The Bertz CT molecular complexity index is 601. The molecular formula is C12H11Cl3N4O. The maximum absolute atomic E-state index is 5.92. The third kappa shape index (κ3) is 4.37. The average molecular weight is 334 g/mol. The van der Waals surface area contributed by atoms with Crippen molar-refractivity contribution in [3.63, 3.8) is 0 Å². The van der Waals surface area contributed by atoms with Gasteiger partial charge in [0.15, 0.2) is 0 Å². The number of anilines is 2. The molecule has 0 unspecified atom stereocenters. The Morgan fingerprint density at radius 1 is 1.00 bits per heavy atom. The molecule has 0 aliphatic rings. The first-order chi connectivity index (χ1) is 9.42. The smallest absolute Gasteiger partial charge is 0.322 e. The van der Waals surface area contributed by atoms with E-state index in [4.69, 9.17) is 39.5 Å². The van der Waals surface area contributed by atoms with Crippen molar-refractivity contribution in [1.82, 2.24) is 15.0 Å². The van der Waals surface area contributed by atoms with E-state index >= 15 is 0 Å². The van der Waals surface area contributed by atoms with Crippen LogP contribution in [0, 0.1) is 0 Å². The Morgan fingerprint density at radius 2 is 1.65 bits per heavy atom. The van der Waals surface area contributed by atoms with Crippen molar-refractivity contribution in [2.24, 2.45) is 0 Å². The zero-order valence-corrected chi connectivity index (χ0v) is 13.0. The van der Waals surface area contributed by atoms with Gasteiger partial charge in [0.2, 0.25) is 11.2 Å². The highest BCUT2D eigenvalue weighted by Crippen LogP contribution is 2.25. The molecule has 0 fully saturated rings. The summed E-state index contributed by atoms with van der Waals surface area (Å²) in [6.07, 6.45) is -0.0677. The molecule has 0 radical (unpaired) electrons. The predicted octanol–water partition coefficient (Wildman–Crippen LogP) is 4.36.